The van der Waals surface area contributed by atoms with Crippen molar-refractivity contribution in [2.45, 2.75) is 27.2 Å². The molecule has 3 rings (SSSR count). The van der Waals surface area contributed by atoms with Gasteiger partial charge >= 0.3 is 0 Å². The molecule has 0 unspecified atom stereocenters. The molecule has 0 saturated heterocycles. The molecule has 140 valence electrons. The van der Waals surface area contributed by atoms with Crippen LogP contribution in [0.2, 0.25) is 0 Å². The summed E-state index contributed by atoms with van der Waals surface area (Å²) in [7, 11) is 0. The van der Waals surface area contributed by atoms with E-state index in [-0.39, 0.29) is 17.9 Å². The number of aromatic nitrogens is 2. The molecule has 0 aliphatic heterocycles. The van der Waals surface area contributed by atoms with E-state index in [1.54, 1.807) is 6.21 Å². The fourth-order valence-electron chi connectivity index (χ4n) is 2.57. The predicted octanol–water partition coefficient (Wildman–Crippen LogP) is 2.69. The van der Waals surface area contributed by atoms with E-state index in [1.807, 2.05) is 45.0 Å². The minimum absolute atomic E-state index is 0.0538. The van der Waals surface area contributed by atoms with Crippen LogP contribution in [0.4, 0.5) is 0 Å². The summed E-state index contributed by atoms with van der Waals surface area (Å²) in [5, 5.41) is 4.53. The number of carbonyl (C=O) groups excluding carboxylic acids is 1. The van der Waals surface area contributed by atoms with Crippen molar-refractivity contribution in [1.29, 1.82) is 0 Å². The SMILES string of the molecule is CCOc1ccc(/C=N\NC(=O)Cc2nc3sc(C)c(C)c3c(=O)[nH]2)cc1. The number of aryl methyl sites for hydroxylation is 2. The molecule has 0 radical (unpaired) electrons. The van der Waals surface area contributed by atoms with Gasteiger partial charge in [-0.25, -0.2) is 10.4 Å². The van der Waals surface area contributed by atoms with Gasteiger partial charge in [0.05, 0.1) is 24.6 Å². The van der Waals surface area contributed by atoms with Gasteiger partial charge in [0.2, 0.25) is 5.91 Å². The standard InChI is InChI=1S/C19H20N4O3S/c1-4-26-14-7-5-13(6-8-14)10-20-23-16(24)9-15-21-18(25)17-11(2)12(3)27-19(17)22-15/h5-8,10H,4,9H2,1-3H3,(H,23,24)(H,21,22,25)/b20-10-. The van der Waals surface area contributed by atoms with Crippen molar-refractivity contribution in [2.24, 2.45) is 5.10 Å². The number of H-pyrrole nitrogens is 1. The molecule has 1 aromatic carbocycles. The van der Waals surface area contributed by atoms with Crippen molar-refractivity contribution in [3.63, 3.8) is 0 Å². The van der Waals surface area contributed by atoms with Crippen LogP contribution in [-0.2, 0) is 11.2 Å². The van der Waals surface area contributed by atoms with Gasteiger partial charge in [0.25, 0.3) is 5.56 Å². The first-order valence-corrected chi connectivity index (χ1v) is 9.33. The van der Waals surface area contributed by atoms with E-state index in [0.29, 0.717) is 22.6 Å². The Morgan fingerprint density at radius 2 is 2.07 bits per heavy atom. The number of fused-ring (bicyclic) bond motifs is 1. The van der Waals surface area contributed by atoms with Crippen LogP contribution in [0.25, 0.3) is 10.2 Å². The van der Waals surface area contributed by atoms with E-state index in [2.05, 4.69) is 20.5 Å². The highest BCUT2D eigenvalue weighted by atomic mass is 32.1. The smallest absolute Gasteiger partial charge is 0.259 e. The molecule has 27 heavy (non-hydrogen) atoms. The second-order valence-corrected chi connectivity index (χ2v) is 7.15. The number of nitrogens with one attached hydrogen (secondary N) is 2. The molecule has 0 aliphatic rings. The van der Waals surface area contributed by atoms with Crippen molar-refractivity contribution >= 4 is 33.7 Å². The fraction of sp³-hybridized carbons (Fsp3) is 0.263. The molecule has 2 N–H and O–H groups in total. The van der Waals surface area contributed by atoms with Gasteiger partial charge in [-0.1, -0.05) is 0 Å². The maximum absolute atomic E-state index is 12.2. The van der Waals surface area contributed by atoms with Crippen molar-refractivity contribution in [2.75, 3.05) is 6.61 Å². The Labute approximate surface area is 160 Å². The zero-order valence-electron chi connectivity index (χ0n) is 15.3. The summed E-state index contributed by atoms with van der Waals surface area (Å²) in [5.41, 5.74) is 3.98. The Hall–Kier alpha value is -3.00. The topological polar surface area (TPSA) is 96.4 Å². The van der Waals surface area contributed by atoms with Crippen molar-refractivity contribution in [1.82, 2.24) is 15.4 Å². The molecule has 3 aromatic rings. The lowest BCUT2D eigenvalue weighted by Crippen LogP contribution is -2.23. The summed E-state index contributed by atoms with van der Waals surface area (Å²) in [6.45, 7) is 6.37. The summed E-state index contributed by atoms with van der Waals surface area (Å²) in [5.74, 6) is 0.746. The first kappa shape index (κ1) is 18.8. The number of carbonyl (C=O) groups is 1. The van der Waals surface area contributed by atoms with Crippen LogP contribution >= 0.6 is 11.3 Å². The third-order valence-electron chi connectivity index (χ3n) is 4.01. The summed E-state index contributed by atoms with van der Waals surface area (Å²) >= 11 is 1.45. The quantitative estimate of drug-likeness (QED) is 0.504. The average Bonchev–Trinajstić information content (AvgIpc) is 2.91. The van der Waals surface area contributed by atoms with Gasteiger partial charge in [-0.05, 0) is 56.2 Å². The van der Waals surface area contributed by atoms with Crippen molar-refractivity contribution in [3.05, 3.63) is 56.4 Å². The van der Waals surface area contributed by atoms with Gasteiger partial charge in [0.15, 0.2) is 0 Å². The average molecular weight is 384 g/mol. The molecule has 0 spiro atoms. The second-order valence-electron chi connectivity index (χ2n) is 5.95. The zero-order valence-corrected chi connectivity index (χ0v) is 16.1. The number of aromatic amines is 1. The van der Waals surface area contributed by atoms with Crippen LogP contribution in [0, 0.1) is 13.8 Å². The molecule has 0 aliphatic carbocycles. The van der Waals surface area contributed by atoms with E-state index in [9.17, 15) is 9.59 Å². The molecule has 0 bridgehead atoms. The highest BCUT2D eigenvalue weighted by Gasteiger charge is 2.13. The third kappa shape index (κ3) is 4.40. The molecule has 2 aromatic heterocycles. The fourth-order valence-corrected chi connectivity index (χ4v) is 3.62. The molecule has 0 saturated carbocycles. The van der Waals surface area contributed by atoms with Crippen LogP contribution in [0.3, 0.4) is 0 Å². The lowest BCUT2D eigenvalue weighted by Gasteiger charge is -2.02. The number of nitrogens with zero attached hydrogens (tertiary/aromatic N) is 2. The largest absolute Gasteiger partial charge is 0.494 e. The molecule has 0 fully saturated rings. The highest BCUT2D eigenvalue weighted by Crippen LogP contribution is 2.25. The molecule has 2 heterocycles. The maximum Gasteiger partial charge on any atom is 0.259 e. The minimum atomic E-state index is -0.357. The van der Waals surface area contributed by atoms with Crippen LogP contribution in [-0.4, -0.2) is 28.7 Å². The number of rotatable bonds is 6. The summed E-state index contributed by atoms with van der Waals surface area (Å²) in [6, 6.07) is 7.35. The van der Waals surface area contributed by atoms with E-state index in [4.69, 9.17) is 4.74 Å². The summed E-state index contributed by atoms with van der Waals surface area (Å²) in [4.78, 5) is 33.0. The third-order valence-corrected chi connectivity index (χ3v) is 5.11. The number of benzene rings is 1. The summed E-state index contributed by atoms with van der Waals surface area (Å²) < 4.78 is 5.37. The van der Waals surface area contributed by atoms with Gasteiger partial charge in [-0.2, -0.15) is 5.10 Å². The highest BCUT2D eigenvalue weighted by molar-refractivity contribution is 7.18. The number of thiophene rings is 1. The maximum atomic E-state index is 12.2. The number of hydrogen-bond donors (Lipinski definition) is 2. The van der Waals surface area contributed by atoms with Crippen LogP contribution < -0.4 is 15.7 Å². The Balaban J connectivity index is 1.64. The molecule has 7 nitrogen and oxygen atoms in total. The second kappa shape index (κ2) is 8.13. The van der Waals surface area contributed by atoms with E-state index in [0.717, 1.165) is 21.8 Å². The number of ether oxygens (including phenoxy) is 1. The molecule has 0 atom stereocenters. The van der Waals surface area contributed by atoms with Crippen LogP contribution in [0.15, 0.2) is 34.2 Å². The van der Waals surface area contributed by atoms with Crippen molar-refractivity contribution in [3.8, 4) is 5.75 Å². The Kier molecular flexibility index (Phi) is 5.66. The normalized spacial score (nSPS) is 11.2. The first-order valence-electron chi connectivity index (χ1n) is 8.51. The lowest BCUT2D eigenvalue weighted by molar-refractivity contribution is -0.120. The van der Waals surface area contributed by atoms with Crippen LogP contribution in [0.1, 0.15) is 28.8 Å². The van der Waals surface area contributed by atoms with E-state index < -0.39 is 0 Å². The molecule has 8 heteroatoms. The Bertz CT molecular complexity index is 1050. The minimum Gasteiger partial charge on any atom is -0.494 e. The zero-order chi connectivity index (χ0) is 19.4. The van der Waals surface area contributed by atoms with Gasteiger partial charge in [0, 0.05) is 4.88 Å². The van der Waals surface area contributed by atoms with Gasteiger partial charge in [-0.3, -0.25) is 9.59 Å². The Morgan fingerprint density at radius 3 is 2.78 bits per heavy atom. The van der Waals surface area contributed by atoms with Gasteiger partial charge in [-0.15, -0.1) is 11.3 Å². The molecular formula is C19H20N4O3S. The number of hydrogen-bond acceptors (Lipinski definition) is 6. The number of amides is 1. The molecule has 1 amide bonds. The number of hydrazone groups is 1. The summed E-state index contributed by atoms with van der Waals surface area (Å²) in [6.07, 6.45) is 1.49. The van der Waals surface area contributed by atoms with Crippen molar-refractivity contribution < 1.29 is 9.53 Å². The van der Waals surface area contributed by atoms with E-state index in [1.165, 1.54) is 11.3 Å². The van der Waals surface area contributed by atoms with Gasteiger partial charge in [0.1, 0.15) is 16.4 Å². The Morgan fingerprint density at radius 1 is 1.33 bits per heavy atom. The lowest BCUT2D eigenvalue weighted by atomic mass is 10.2. The van der Waals surface area contributed by atoms with Crippen LogP contribution in [0.5, 0.6) is 5.75 Å². The first-order chi connectivity index (χ1) is 13.0. The van der Waals surface area contributed by atoms with E-state index >= 15 is 0 Å². The monoisotopic (exact) mass is 384 g/mol. The molecular weight excluding hydrogens is 364 g/mol. The van der Waals surface area contributed by atoms with Gasteiger partial charge < -0.3 is 9.72 Å². The predicted molar refractivity (Wildman–Crippen MR) is 107 cm³/mol.